The van der Waals surface area contributed by atoms with Crippen LogP contribution >= 0.6 is 7.60 Å². The van der Waals surface area contributed by atoms with Gasteiger partial charge in [-0.3, -0.25) is 19.5 Å². The molecule has 0 aromatic heterocycles. The van der Waals surface area contributed by atoms with Crippen molar-refractivity contribution < 1.29 is 34.2 Å². The maximum absolute atomic E-state index is 10.1. The second-order valence-corrected chi connectivity index (χ2v) is 3.39. The zero-order chi connectivity index (χ0) is 10.9. The minimum Gasteiger partial charge on any atom is -0.483 e. The first-order valence-electron chi connectivity index (χ1n) is 2.88. The van der Waals surface area contributed by atoms with Crippen LogP contribution in [-0.2, 0) is 14.2 Å². The molecule has 0 saturated carbocycles. The number of rotatable bonds is 4. The van der Waals surface area contributed by atoms with E-state index >= 15 is 0 Å². The third kappa shape index (κ3) is 24.7. The van der Waals surface area contributed by atoms with Crippen LogP contribution < -0.4 is 5.32 Å². The van der Waals surface area contributed by atoms with E-state index in [-0.39, 0.29) is 6.47 Å². The highest BCUT2D eigenvalue weighted by Crippen LogP contribution is 2.31. The topological polar surface area (TPSA) is 144 Å². The SMILES string of the molecule is O=C(O)CNCP(=O)(O)O.O=CO. The first-order chi connectivity index (χ1) is 5.83. The fourth-order valence-corrected chi connectivity index (χ4v) is 0.712. The summed E-state index contributed by atoms with van der Waals surface area (Å²) < 4.78 is 10.1. The van der Waals surface area contributed by atoms with E-state index in [0.717, 1.165) is 0 Å². The highest BCUT2D eigenvalue weighted by atomic mass is 31.2. The number of carboxylic acids is 1. The smallest absolute Gasteiger partial charge is 0.339 e. The number of nitrogens with one attached hydrogen (secondary N) is 1. The summed E-state index contributed by atoms with van der Waals surface area (Å²) in [5.41, 5.74) is 0. The Hall–Kier alpha value is -0.950. The lowest BCUT2D eigenvalue weighted by atomic mass is 10.7. The molecule has 0 atom stereocenters. The molecule has 0 aliphatic carbocycles. The van der Waals surface area contributed by atoms with E-state index in [0.29, 0.717) is 0 Å². The van der Waals surface area contributed by atoms with Crippen molar-refractivity contribution in [2.45, 2.75) is 0 Å². The van der Waals surface area contributed by atoms with Crippen LogP contribution in [0.4, 0.5) is 0 Å². The average molecular weight is 215 g/mol. The molecule has 9 heteroatoms. The Bertz CT molecular complexity index is 199. The number of carbonyl (C=O) groups is 2. The molecule has 0 aromatic rings. The lowest BCUT2D eigenvalue weighted by Crippen LogP contribution is -2.23. The number of hydrogen-bond acceptors (Lipinski definition) is 4. The maximum atomic E-state index is 10.1. The Morgan fingerprint density at radius 3 is 2.08 bits per heavy atom. The van der Waals surface area contributed by atoms with Gasteiger partial charge in [0.2, 0.25) is 0 Å². The Kier molecular flexibility index (Phi) is 8.61. The molecule has 0 aliphatic heterocycles. The lowest BCUT2D eigenvalue weighted by molar-refractivity contribution is -0.135. The van der Waals surface area contributed by atoms with Gasteiger partial charge < -0.3 is 20.0 Å². The first-order valence-corrected chi connectivity index (χ1v) is 4.68. The second kappa shape index (κ2) is 7.69. The number of hydrogen-bond donors (Lipinski definition) is 5. The summed E-state index contributed by atoms with van der Waals surface area (Å²) in [6.07, 6.45) is -0.598. The fraction of sp³-hybridized carbons (Fsp3) is 0.500. The minimum absolute atomic E-state index is 0.250. The Balaban J connectivity index is 0. The van der Waals surface area contributed by atoms with Gasteiger partial charge in [0.25, 0.3) is 6.47 Å². The van der Waals surface area contributed by atoms with Gasteiger partial charge in [0.05, 0.1) is 12.8 Å². The molecular weight excluding hydrogens is 205 g/mol. The van der Waals surface area contributed by atoms with E-state index in [2.05, 4.69) is 5.32 Å². The first kappa shape index (κ1) is 14.6. The monoisotopic (exact) mass is 215 g/mol. The van der Waals surface area contributed by atoms with Gasteiger partial charge in [-0.25, -0.2) is 0 Å². The zero-order valence-electron chi connectivity index (χ0n) is 6.45. The van der Waals surface area contributed by atoms with Crippen molar-refractivity contribution in [2.24, 2.45) is 0 Å². The van der Waals surface area contributed by atoms with Gasteiger partial charge in [0.15, 0.2) is 0 Å². The third-order valence-electron chi connectivity index (χ3n) is 0.594. The predicted molar refractivity (Wildman–Crippen MR) is 41.2 cm³/mol. The van der Waals surface area contributed by atoms with E-state index in [1.165, 1.54) is 0 Å². The van der Waals surface area contributed by atoms with Crippen LogP contribution in [0.25, 0.3) is 0 Å². The normalized spacial score (nSPS) is 9.69. The molecule has 0 amide bonds. The van der Waals surface area contributed by atoms with Crippen LogP contribution in [-0.4, -0.2) is 45.3 Å². The molecule has 0 heterocycles. The Morgan fingerprint density at radius 1 is 1.46 bits per heavy atom. The standard InChI is InChI=1S/C3H8NO5P.CH2O2/c5-3(6)1-4-2-10(7,8)9;2-1-3/h4H,1-2H2,(H,5,6)(H2,7,8,9);1H,(H,2,3). The van der Waals surface area contributed by atoms with Crippen LogP contribution in [0.5, 0.6) is 0 Å². The van der Waals surface area contributed by atoms with Gasteiger partial charge in [-0.1, -0.05) is 0 Å². The average Bonchev–Trinajstić information content (AvgIpc) is 1.84. The van der Waals surface area contributed by atoms with Crippen molar-refractivity contribution in [1.29, 1.82) is 0 Å². The van der Waals surface area contributed by atoms with E-state index < -0.39 is 26.4 Å². The summed E-state index contributed by atoms with van der Waals surface area (Å²) in [4.78, 5) is 34.5. The van der Waals surface area contributed by atoms with E-state index in [1.54, 1.807) is 0 Å². The maximum Gasteiger partial charge on any atom is 0.339 e. The molecule has 0 aromatic carbocycles. The van der Waals surface area contributed by atoms with Crippen molar-refractivity contribution in [3.63, 3.8) is 0 Å². The molecule has 0 spiro atoms. The molecule has 13 heavy (non-hydrogen) atoms. The van der Waals surface area contributed by atoms with E-state index in [1.807, 2.05) is 0 Å². The number of aliphatic carboxylic acids is 1. The summed E-state index contributed by atoms with van der Waals surface area (Å²) in [6.45, 7) is -0.689. The highest BCUT2D eigenvalue weighted by molar-refractivity contribution is 7.51. The quantitative estimate of drug-likeness (QED) is 0.281. The predicted octanol–water partition coefficient (Wildman–Crippen LogP) is -1.50. The molecule has 0 bridgehead atoms. The van der Waals surface area contributed by atoms with Crippen molar-refractivity contribution >= 4 is 20.0 Å². The van der Waals surface area contributed by atoms with E-state index in [4.69, 9.17) is 24.8 Å². The van der Waals surface area contributed by atoms with Crippen LogP contribution in [0.15, 0.2) is 0 Å². The van der Waals surface area contributed by atoms with Crippen LogP contribution in [0.1, 0.15) is 0 Å². The van der Waals surface area contributed by atoms with Gasteiger partial charge in [0.1, 0.15) is 0 Å². The van der Waals surface area contributed by atoms with Gasteiger partial charge in [-0.2, -0.15) is 0 Å². The minimum atomic E-state index is -4.10. The fourth-order valence-electron chi connectivity index (χ4n) is 0.308. The molecule has 0 rings (SSSR count). The molecule has 0 saturated heterocycles. The summed E-state index contributed by atoms with van der Waals surface area (Å²) in [5, 5.41) is 16.9. The van der Waals surface area contributed by atoms with Gasteiger partial charge in [-0.15, -0.1) is 0 Å². The summed E-state index contributed by atoms with van der Waals surface area (Å²) in [5.74, 6) is -1.14. The van der Waals surface area contributed by atoms with Gasteiger partial charge in [0, 0.05) is 0 Å². The lowest BCUT2D eigenvalue weighted by Gasteiger charge is -2.02. The zero-order valence-corrected chi connectivity index (χ0v) is 7.35. The summed E-state index contributed by atoms with van der Waals surface area (Å²) in [7, 11) is -4.10. The molecule has 5 N–H and O–H groups in total. The molecule has 78 valence electrons. The molecule has 0 fully saturated rings. The number of carboxylic acid groups (broad SMARTS) is 2. The molecule has 0 unspecified atom stereocenters. The molecular formula is C4H10NO7P. The van der Waals surface area contributed by atoms with Gasteiger partial charge >= 0.3 is 13.6 Å². The Labute approximate surface area is 73.4 Å². The van der Waals surface area contributed by atoms with Crippen molar-refractivity contribution in [2.75, 3.05) is 12.8 Å². The third-order valence-corrected chi connectivity index (χ3v) is 1.23. The molecule has 8 nitrogen and oxygen atoms in total. The van der Waals surface area contributed by atoms with Crippen LogP contribution in [0.2, 0.25) is 0 Å². The highest BCUT2D eigenvalue weighted by Gasteiger charge is 2.11. The molecule has 0 radical (unpaired) electrons. The largest absolute Gasteiger partial charge is 0.483 e. The molecule has 0 aliphatic rings. The summed E-state index contributed by atoms with van der Waals surface area (Å²) >= 11 is 0. The van der Waals surface area contributed by atoms with Crippen molar-refractivity contribution in [1.82, 2.24) is 5.32 Å². The van der Waals surface area contributed by atoms with Gasteiger partial charge in [-0.05, 0) is 0 Å². The second-order valence-electron chi connectivity index (χ2n) is 1.75. The van der Waals surface area contributed by atoms with Crippen LogP contribution in [0, 0.1) is 0 Å². The Morgan fingerprint density at radius 2 is 1.85 bits per heavy atom. The van der Waals surface area contributed by atoms with Crippen molar-refractivity contribution in [3.05, 3.63) is 0 Å². The van der Waals surface area contributed by atoms with Crippen molar-refractivity contribution in [3.8, 4) is 0 Å². The van der Waals surface area contributed by atoms with Crippen LogP contribution in [0.3, 0.4) is 0 Å². The van der Waals surface area contributed by atoms with E-state index in [9.17, 15) is 9.36 Å². The summed E-state index contributed by atoms with van der Waals surface area (Å²) in [6, 6.07) is 0.